The van der Waals surface area contributed by atoms with Crippen molar-refractivity contribution in [1.29, 1.82) is 0 Å². The van der Waals surface area contributed by atoms with Crippen molar-refractivity contribution in [2.24, 2.45) is 5.41 Å². The van der Waals surface area contributed by atoms with Crippen molar-refractivity contribution in [3.8, 4) is 11.5 Å². The molecule has 1 aliphatic carbocycles. The average molecular weight is 1060 g/mol. The van der Waals surface area contributed by atoms with Gasteiger partial charge in [-0.15, -0.1) is 21.5 Å². The maximum atomic E-state index is 14.1. The van der Waals surface area contributed by atoms with Gasteiger partial charge in [0, 0.05) is 40.1 Å². The maximum absolute atomic E-state index is 14.1. The minimum absolute atomic E-state index is 0.0125. The van der Waals surface area contributed by atoms with Crippen LogP contribution in [-0.2, 0) is 74.1 Å². The number of thioether (sulfide) groups is 1. The van der Waals surface area contributed by atoms with Crippen molar-refractivity contribution >= 4 is 51.6 Å². The van der Waals surface area contributed by atoms with Crippen molar-refractivity contribution in [1.82, 2.24) is 10.2 Å². The van der Waals surface area contributed by atoms with Crippen molar-refractivity contribution in [3.05, 3.63) is 117 Å². The van der Waals surface area contributed by atoms with Gasteiger partial charge >= 0.3 is 5.97 Å². The topological polar surface area (TPSA) is 208 Å². The molecule has 2 aromatic heterocycles. The van der Waals surface area contributed by atoms with Gasteiger partial charge < -0.3 is 58.1 Å². The van der Waals surface area contributed by atoms with E-state index in [1.807, 2.05) is 60.7 Å². The Bertz CT molecular complexity index is 2450. The highest BCUT2D eigenvalue weighted by atomic mass is 32.2. The first kappa shape index (κ1) is 58.2. The van der Waals surface area contributed by atoms with Crippen LogP contribution in [0.1, 0.15) is 80.4 Å². The zero-order valence-corrected chi connectivity index (χ0v) is 44.6. The van der Waals surface area contributed by atoms with Crippen LogP contribution in [0.2, 0.25) is 0 Å². The van der Waals surface area contributed by atoms with Crippen molar-refractivity contribution in [2.45, 2.75) is 65.0 Å². The number of hydrogen-bond donors (Lipinski definition) is 3. The lowest BCUT2D eigenvalue weighted by Gasteiger charge is -2.29. The number of fused-ring (bicyclic) bond motifs is 1. The standard InChI is InChI=1S/C55H72N4O13S2/c1-40-58-59-53(72-40)44-13-9-41(10-14-44)7-8-42-11-15-46(16-12-42)56-52(63)50-47-17-19-55(2,3)38-48(47)74-54(50)57-51(62)45-6-4-5-43(37-45)39-73-36-35-71-34-33-70-32-31-69-30-29-68-28-27-67-26-25-66-24-23-65-22-21-64-20-18-49(60)61/h4-6,9-16,37H,7-8,17-36,38-39H2,1-3H3,(H,56,63)(H,57,62)(H,60,61). The molecule has 0 atom stereocenters. The normalized spacial score (nSPS) is 13.0. The molecule has 17 nitrogen and oxygen atoms in total. The number of thiophene rings is 1. The zero-order chi connectivity index (χ0) is 52.2. The molecule has 402 valence electrons. The van der Waals surface area contributed by atoms with E-state index in [1.54, 1.807) is 18.7 Å². The van der Waals surface area contributed by atoms with Gasteiger partial charge in [-0.2, -0.15) is 11.8 Å². The van der Waals surface area contributed by atoms with Crippen molar-refractivity contribution < 1.29 is 61.8 Å². The second kappa shape index (κ2) is 32.4. The van der Waals surface area contributed by atoms with Gasteiger partial charge in [-0.3, -0.25) is 14.4 Å². The summed E-state index contributed by atoms with van der Waals surface area (Å²) < 4.78 is 49.4. The van der Waals surface area contributed by atoms with Gasteiger partial charge in [0.05, 0.1) is 118 Å². The van der Waals surface area contributed by atoms with Gasteiger partial charge in [0.25, 0.3) is 11.8 Å². The summed E-state index contributed by atoms with van der Waals surface area (Å²) in [6.07, 6.45) is 4.28. The number of hydrogen-bond acceptors (Lipinski definition) is 16. The Kier molecular flexibility index (Phi) is 25.5. The van der Waals surface area contributed by atoms with Gasteiger partial charge in [0.1, 0.15) is 5.00 Å². The Labute approximate surface area is 442 Å². The summed E-state index contributed by atoms with van der Waals surface area (Å²) in [6.45, 7) is 13.4. The third kappa shape index (κ3) is 21.3. The number of aromatic nitrogens is 2. The minimum atomic E-state index is -0.881. The molecule has 0 unspecified atom stereocenters. The summed E-state index contributed by atoms with van der Waals surface area (Å²) in [4.78, 5) is 39.5. The lowest BCUT2D eigenvalue weighted by atomic mass is 9.77. The summed E-state index contributed by atoms with van der Waals surface area (Å²) in [5.41, 5.74) is 7.22. The van der Waals surface area contributed by atoms with Crippen LogP contribution in [0.25, 0.3) is 11.5 Å². The summed E-state index contributed by atoms with van der Waals surface area (Å²) in [5, 5.41) is 23.4. The fraction of sp³-hybridized carbons (Fsp3) is 0.509. The first-order valence-electron chi connectivity index (χ1n) is 25.3. The molecule has 5 aromatic rings. The number of carbonyl (C=O) groups excluding carboxylic acids is 2. The third-order valence-electron chi connectivity index (χ3n) is 11.8. The summed E-state index contributed by atoms with van der Waals surface area (Å²) in [6, 6.07) is 23.8. The van der Waals surface area contributed by atoms with E-state index in [1.165, 1.54) is 16.9 Å². The molecule has 0 radical (unpaired) electrons. The number of amides is 2. The van der Waals surface area contributed by atoms with Crippen LogP contribution in [0.5, 0.6) is 0 Å². The third-order valence-corrected chi connectivity index (χ3v) is 13.9. The molecule has 2 heterocycles. The molecule has 74 heavy (non-hydrogen) atoms. The van der Waals surface area contributed by atoms with E-state index in [-0.39, 0.29) is 30.3 Å². The smallest absolute Gasteiger partial charge is 0.305 e. The fourth-order valence-electron chi connectivity index (χ4n) is 7.78. The zero-order valence-electron chi connectivity index (χ0n) is 43.0. The maximum Gasteiger partial charge on any atom is 0.305 e. The molecule has 0 fully saturated rings. The number of carboxylic acid groups (broad SMARTS) is 1. The molecule has 1 aliphatic rings. The predicted molar refractivity (Wildman–Crippen MR) is 286 cm³/mol. The van der Waals surface area contributed by atoms with E-state index in [4.69, 9.17) is 47.4 Å². The van der Waals surface area contributed by atoms with Gasteiger partial charge in [-0.25, -0.2) is 0 Å². The fourth-order valence-corrected chi connectivity index (χ4v) is 10.1. The second-order valence-electron chi connectivity index (χ2n) is 18.3. The number of anilines is 2. The molecule has 3 N–H and O–H groups in total. The Balaban J connectivity index is 0.805. The van der Waals surface area contributed by atoms with Gasteiger partial charge in [-0.05, 0) is 96.2 Å². The quantitative estimate of drug-likeness (QED) is 0.0318. The molecular weight excluding hydrogens is 989 g/mol. The first-order chi connectivity index (χ1) is 36.0. The molecule has 0 saturated heterocycles. The van der Waals surface area contributed by atoms with Gasteiger partial charge in [0.2, 0.25) is 11.8 Å². The van der Waals surface area contributed by atoms with Crippen LogP contribution in [0, 0.1) is 12.3 Å². The number of ether oxygens (including phenoxy) is 8. The minimum Gasteiger partial charge on any atom is -0.481 e. The van der Waals surface area contributed by atoms with E-state index in [0.717, 1.165) is 70.7 Å². The summed E-state index contributed by atoms with van der Waals surface area (Å²) >= 11 is 3.25. The largest absolute Gasteiger partial charge is 0.481 e. The molecule has 2 amide bonds. The Hall–Kier alpha value is -5.06. The van der Waals surface area contributed by atoms with Crippen LogP contribution >= 0.6 is 23.1 Å². The molecule has 0 bridgehead atoms. The van der Waals surface area contributed by atoms with Crippen LogP contribution in [0.4, 0.5) is 10.7 Å². The Morgan fingerprint density at radius 1 is 0.662 bits per heavy atom. The predicted octanol–water partition coefficient (Wildman–Crippen LogP) is 8.75. The van der Waals surface area contributed by atoms with Crippen LogP contribution in [0.3, 0.4) is 0 Å². The average Bonchev–Trinajstić information content (AvgIpc) is 3.99. The lowest BCUT2D eigenvalue weighted by molar-refractivity contribution is -0.138. The van der Waals surface area contributed by atoms with Crippen molar-refractivity contribution in [3.63, 3.8) is 0 Å². The number of nitrogens with one attached hydrogen (secondary N) is 2. The monoisotopic (exact) mass is 1060 g/mol. The second-order valence-corrected chi connectivity index (χ2v) is 20.5. The number of aliphatic carboxylic acids is 1. The van der Waals surface area contributed by atoms with E-state index in [9.17, 15) is 14.4 Å². The molecule has 3 aromatic carbocycles. The Morgan fingerprint density at radius 3 is 1.74 bits per heavy atom. The summed E-state index contributed by atoms with van der Waals surface area (Å²) in [7, 11) is 0. The van der Waals surface area contributed by atoms with Crippen LogP contribution in [0.15, 0.2) is 77.2 Å². The van der Waals surface area contributed by atoms with E-state index < -0.39 is 5.97 Å². The van der Waals surface area contributed by atoms with Crippen molar-refractivity contribution in [2.75, 3.05) is 122 Å². The number of carboxylic acids is 1. The molecule has 0 saturated carbocycles. The highest BCUT2D eigenvalue weighted by Gasteiger charge is 2.33. The number of carbonyl (C=O) groups is 3. The molecular formula is C55H72N4O13S2. The lowest BCUT2D eigenvalue weighted by Crippen LogP contribution is -2.23. The summed E-state index contributed by atoms with van der Waals surface area (Å²) in [5.74, 6) is 1.23. The van der Waals surface area contributed by atoms with E-state index in [0.29, 0.717) is 133 Å². The van der Waals surface area contributed by atoms with Gasteiger partial charge in [-0.1, -0.05) is 50.2 Å². The van der Waals surface area contributed by atoms with E-state index >= 15 is 0 Å². The van der Waals surface area contributed by atoms with Crippen LogP contribution in [-0.4, -0.2) is 145 Å². The first-order valence-corrected chi connectivity index (χ1v) is 27.3. The van der Waals surface area contributed by atoms with E-state index in [2.05, 4.69) is 46.8 Å². The molecule has 19 heteroatoms. The number of rotatable bonds is 37. The number of aryl methyl sites for hydroxylation is 3. The SMILES string of the molecule is Cc1nnc(-c2ccc(CCc3ccc(NC(=O)c4c(NC(=O)c5cccc(CSCCOCCOCCOCCOCCOCCOCCOCCOCCC(=O)O)c5)sc5c4CCC(C)(C)C5)cc3)cc2)o1. The molecule has 0 spiro atoms. The highest BCUT2D eigenvalue weighted by molar-refractivity contribution is 7.98. The number of nitrogens with zero attached hydrogens (tertiary/aromatic N) is 2. The highest BCUT2D eigenvalue weighted by Crippen LogP contribution is 2.44. The Morgan fingerprint density at radius 2 is 1.20 bits per heavy atom. The number of benzene rings is 3. The molecule has 6 rings (SSSR count). The molecule has 0 aliphatic heterocycles. The van der Waals surface area contributed by atoms with Crippen LogP contribution < -0.4 is 10.6 Å². The van der Waals surface area contributed by atoms with Gasteiger partial charge in [0.15, 0.2) is 0 Å².